The molecule has 0 saturated carbocycles. The van der Waals surface area contributed by atoms with Crippen molar-refractivity contribution in [3.63, 3.8) is 0 Å². The van der Waals surface area contributed by atoms with Crippen LogP contribution in [0.2, 0.25) is 5.02 Å². The van der Waals surface area contributed by atoms with Crippen LogP contribution in [0.1, 0.15) is 35.7 Å². The molecule has 0 saturated heterocycles. The highest BCUT2D eigenvalue weighted by molar-refractivity contribution is 6.30. The molecule has 1 aromatic carbocycles. The summed E-state index contributed by atoms with van der Waals surface area (Å²) in [4.78, 5) is 23.0. The normalized spacial score (nSPS) is 10.1. The number of aryl methyl sites for hydroxylation is 1. The molecule has 0 aliphatic carbocycles. The highest BCUT2D eigenvalue weighted by atomic mass is 35.5. The summed E-state index contributed by atoms with van der Waals surface area (Å²) in [5.74, 6) is -0.391. The Morgan fingerprint density at radius 1 is 1.37 bits per heavy atom. The summed E-state index contributed by atoms with van der Waals surface area (Å²) in [6.45, 7) is 4.43. The average Bonchev–Trinajstić information content (AvgIpc) is 2.34. The number of amides is 1. The fraction of sp³-hybridized carbons (Fsp3) is 0.429. The minimum absolute atomic E-state index is 0.155. The number of esters is 1. The number of hydrogen-bond donors (Lipinski definition) is 1. The Hall–Kier alpha value is -1.55. The Bertz CT molecular complexity index is 460. The molecule has 0 unspecified atom stereocenters. The van der Waals surface area contributed by atoms with Crippen LogP contribution in [-0.4, -0.2) is 25.0 Å². The predicted octanol–water partition coefficient (Wildman–Crippen LogP) is 2.72. The third-order valence-corrected chi connectivity index (χ3v) is 2.82. The topological polar surface area (TPSA) is 55.4 Å². The smallest absolute Gasteiger partial charge is 0.305 e. The van der Waals surface area contributed by atoms with Gasteiger partial charge >= 0.3 is 5.97 Å². The van der Waals surface area contributed by atoms with Gasteiger partial charge in [0, 0.05) is 23.6 Å². The first-order chi connectivity index (χ1) is 9.04. The van der Waals surface area contributed by atoms with Gasteiger partial charge in [-0.15, -0.1) is 0 Å². The second kappa shape index (κ2) is 7.79. The molecule has 1 amide bonds. The highest BCUT2D eigenvalue weighted by Crippen LogP contribution is 2.14. The van der Waals surface area contributed by atoms with Crippen LogP contribution in [0.25, 0.3) is 0 Å². The van der Waals surface area contributed by atoms with E-state index in [0.717, 1.165) is 5.56 Å². The summed E-state index contributed by atoms with van der Waals surface area (Å²) in [6, 6.07) is 5.12. The number of benzene rings is 1. The molecule has 1 N–H and O–H groups in total. The van der Waals surface area contributed by atoms with Crippen molar-refractivity contribution in [2.45, 2.75) is 26.7 Å². The van der Waals surface area contributed by atoms with Gasteiger partial charge in [-0.3, -0.25) is 9.59 Å². The maximum Gasteiger partial charge on any atom is 0.305 e. The van der Waals surface area contributed by atoms with Gasteiger partial charge in [0.25, 0.3) is 5.91 Å². The SMILES string of the molecule is CCOC(=O)CCCNC(=O)c1ccc(Cl)cc1C. The second-order valence-electron chi connectivity index (χ2n) is 4.12. The number of rotatable bonds is 6. The summed E-state index contributed by atoms with van der Waals surface area (Å²) in [6.07, 6.45) is 0.880. The lowest BCUT2D eigenvalue weighted by molar-refractivity contribution is -0.143. The first kappa shape index (κ1) is 15.5. The molecule has 1 rings (SSSR count). The molecule has 5 heteroatoms. The summed E-state index contributed by atoms with van der Waals surface area (Å²) >= 11 is 5.83. The van der Waals surface area contributed by atoms with Gasteiger partial charge in [-0.1, -0.05) is 11.6 Å². The van der Waals surface area contributed by atoms with Crippen molar-refractivity contribution in [3.8, 4) is 0 Å². The largest absolute Gasteiger partial charge is 0.466 e. The molecule has 0 spiro atoms. The first-order valence-electron chi connectivity index (χ1n) is 6.24. The molecule has 0 aromatic heterocycles. The Morgan fingerprint density at radius 3 is 2.74 bits per heavy atom. The van der Waals surface area contributed by atoms with Gasteiger partial charge in [0.15, 0.2) is 0 Å². The summed E-state index contributed by atoms with van der Waals surface area (Å²) < 4.78 is 4.80. The van der Waals surface area contributed by atoms with Crippen LogP contribution < -0.4 is 5.32 Å². The third kappa shape index (κ3) is 5.30. The standard InChI is InChI=1S/C14H18ClNO3/c1-3-19-13(17)5-4-8-16-14(18)12-7-6-11(15)9-10(12)2/h6-7,9H,3-5,8H2,1-2H3,(H,16,18). The molecular formula is C14H18ClNO3. The fourth-order valence-corrected chi connectivity index (χ4v) is 1.87. The van der Waals surface area contributed by atoms with Gasteiger partial charge in [0.1, 0.15) is 0 Å². The molecule has 0 aliphatic rings. The van der Waals surface area contributed by atoms with E-state index < -0.39 is 0 Å². The molecule has 0 atom stereocenters. The van der Waals surface area contributed by atoms with Crippen LogP contribution in [0.3, 0.4) is 0 Å². The lowest BCUT2D eigenvalue weighted by atomic mass is 10.1. The zero-order valence-electron chi connectivity index (χ0n) is 11.2. The van der Waals surface area contributed by atoms with Crippen LogP contribution in [0.4, 0.5) is 0 Å². The summed E-state index contributed by atoms with van der Waals surface area (Å²) in [5, 5.41) is 3.37. The van der Waals surface area contributed by atoms with E-state index in [1.807, 2.05) is 6.92 Å². The zero-order valence-corrected chi connectivity index (χ0v) is 11.9. The van der Waals surface area contributed by atoms with Crippen LogP contribution in [0.15, 0.2) is 18.2 Å². The lowest BCUT2D eigenvalue weighted by Gasteiger charge is -2.07. The maximum absolute atomic E-state index is 11.9. The van der Waals surface area contributed by atoms with Gasteiger partial charge in [0.05, 0.1) is 6.61 Å². The van der Waals surface area contributed by atoms with Crippen molar-refractivity contribution < 1.29 is 14.3 Å². The third-order valence-electron chi connectivity index (χ3n) is 2.58. The zero-order chi connectivity index (χ0) is 14.3. The van der Waals surface area contributed by atoms with Crippen LogP contribution in [-0.2, 0) is 9.53 Å². The van der Waals surface area contributed by atoms with E-state index in [1.54, 1.807) is 25.1 Å². The van der Waals surface area contributed by atoms with E-state index in [2.05, 4.69) is 5.32 Å². The predicted molar refractivity (Wildman–Crippen MR) is 74.4 cm³/mol. The second-order valence-corrected chi connectivity index (χ2v) is 4.56. The maximum atomic E-state index is 11.9. The number of nitrogens with one attached hydrogen (secondary N) is 1. The Labute approximate surface area is 118 Å². The Morgan fingerprint density at radius 2 is 2.11 bits per heavy atom. The van der Waals surface area contributed by atoms with Crippen molar-refractivity contribution >= 4 is 23.5 Å². The molecule has 0 radical (unpaired) electrons. The van der Waals surface area contributed by atoms with E-state index in [-0.39, 0.29) is 11.9 Å². The van der Waals surface area contributed by atoms with Crippen LogP contribution >= 0.6 is 11.6 Å². The van der Waals surface area contributed by atoms with Crippen LogP contribution in [0, 0.1) is 6.92 Å². The van der Waals surface area contributed by atoms with Gasteiger partial charge in [-0.2, -0.15) is 0 Å². The minimum Gasteiger partial charge on any atom is -0.466 e. The molecule has 1 aromatic rings. The summed E-state index contributed by atoms with van der Waals surface area (Å²) in [7, 11) is 0. The monoisotopic (exact) mass is 283 g/mol. The minimum atomic E-state index is -0.237. The molecule has 0 bridgehead atoms. The van der Waals surface area contributed by atoms with E-state index in [0.29, 0.717) is 36.6 Å². The average molecular weight is 284 g/mol. The van der Waals surface area contributed by atoms with E-state index in [9.17, 15) is 9.59 Å². The molecule has 0 fully saturated rings. The molecule has 104 valence electrons. The molecular weight excluding hydrogens is 266 g/mol. The number of halogens is 1. The quantitative estimate of drug-likeness (QED) is 0.645. The van der Waals surface area contributed by atoms with E-state index in [4.69, 9.17) is 16.3 Å². The van der Waals surface area contributed by atoms with Crippen molar-refractivity contribution in [3.05, 3.63) is 34.3 Å². The summed E-state index contributed by atoms with van der Waals surface area (Å²) in [5.41, 5.74) is 1.43. The van der Waals surface area contributed by atoms with E-state index >= 15 is 0 Å². The van der Waals surface area contributed by atoms with Crippen LogP contribution in [0.5, 0.6) is 0 Å². The number of hydrogen-bond acceptors (Lipinski definition) is 3. The highest BCUT2D eigenvalue weighted by Gasteiger charge is 2.09. The van der Waals surface area contributed by atoms with Gasteiger partial charge in [-0.25, -0.2) is 0 Å². The van der Waals surface area contributed by atoms with Crippen molar-refractivity contribution in [1.29, 1.82) is 0 Å². The van der Waals surface area contributed by atoms with Crippen molar-refractivity contribution in [2.24, 2.45) is 0 Å². The Balaban J connectivity index is 2.37. The van der Waals surface area contributed by atoms with Gasteiger partial charge in [0.2, 0.25) is 0 Å². The molecule has 0 aliphatic heterocycles. The van der Waals surface area contributed by atoms with Crippen molar-refractivity contribution in [2.75, 3.05) is 13.2 Å². The number of carbonyl (C=O) groups is 2. The fourth-order valence-electron chi connectivity index (χ4n) is 1.64. The van der Waals surface area contributed by atoms with E-state index in [1.165, 1.54) is 0 Å². The van der Waals surface area contributed by atoms with Crippen molar-refractivity contribution in [1.82, 2.24) is 5.32 Å². The first-order valence-corrected chi connectivity index (χ1v) is 6.62. The molecule has 19 heavy (non-hydrogen) atoms. The van der Waals surface area contributed by atoms with Gasteiger partial charge < -0.3 is 10.1 Å². The molecule has 0 heterocycles. The number of carbonyl (C=O) groups excluding carboxylic acids is 2. The molecule has 4 nitrogen and oxygen atoms in total. The number of ether oxygens (including phenoxy) is 1. The lowest BCUT2D eigenvalue weighted by Crippen LogP contribution is -2.25. The Kier molecular flexibility index (Phi) is 6.36. The van der Waals surface area contributed by atoms with Gasteiger partial charge in [-0.05, 0) is 44.0 Å².